The highest BCUT2D eigenvalue weighted by atomic mass is 16.6. The summed E-state index contributed by atoms with van der Waals surface area (Å²) in [5.41, 5.74) is 2.34. The maximum absolute atomic E-state index is 13.2. The van der Waals surface area contributed by atoms with E-state index in [1.807, 2.05) is 37.4 Å². The van der Waals surface area contributed by atoms with Crippen LogP contribution in [0.4, 0.5) is 11.4 Å². The fourth-order valence-electron chi connectivity index (χ4n) is 3.22. The third-order valence-corrected chi connectivity index (χ3v) is 4.80. The molecular weight excluding hydrogens is 396 g/mol. The van der Waals surface area contributed by atoms with Crippen LogP contribution < -0.4 is 5.32 Å². The fraction of sp³-hybridized carbons (Fsp3) is 0.0909. The number of aromatic nitrogens is 3. The highest BCUT2D eigenvalue weighted by molar-refractivity contribution is 6.13. The Morgan fingerprint density at radius 2 is 2.06 bits per heavy atom. The first-order chi connectivity index (χ1) is 15.0. The van der Waals surface area contributed by atoms with Crippen LogP contribution in [-0.4, -0.2) is 25.6 Å². The van der Waals surface area contributed by atoms with Crippen LogP contribution in [0.2, 0.25) is 0 Å². The number of para-hydroxylation sites is 1. The minimum Gasteiger partial charge on any atom is -0.321 e. The Bertz CT molecular complexity index is 1370. The lowest BCUT2D eigenvalue weighted by Crippen LogP contribution is -2.14. The number of amides is 1. The van der Waals surface area contributed by atoms with E-state index in [4.69, 9.17) is 0 Å². The molecule has 0 unspecified atom stereocenters. The molecule has 31 heavy (non-hydrogen) atoms. The van der Waals surface area contributed by atoms with E-state index in [-0.39, 0.29) is 16.9 Å². The van der Waals surface area contributed by atoms with E-state index in [0.29, 0.717) is 28.7 Å². The first-order valence-corrected chi connectivity index (χ1v) is 9.42. The summed E-state index contributed by atoms with van der Waals surface area (Å²) >= 11 is 0. The number of nitriles is 1. The van der Waals surface area contributed by atoms with Gasteiger partial charge in [0.15, 0.2) is 0 Å². The van der Waals surface area contributed by atoms with Crippen LogP contribution in [0.1, 0.15) is 22.8 Å². The Morgan fingerprint density at radius 3 is 2.77 bits per heavy atom. The zero-order valence-electron chi connectivity index (χ0n) is 16.4. The van der Waals surface area contributed by atoms with Gasteiger partial charge in [0.05, 0.1) is 39.1 Å². The molecule has 1 amide bonds. The first kappa shape index (κ1) is 19.7. The number of non-ortho nitro benzene ring substituents is 1. The Morgan fingerprint density at radius 1 is 1.26 bits per heavy atom. The van der Waals surface area contributed by atoms with Crippen molar-refractivity contribution < 1.29 is 9.72 Å². The lowest BCUT2D eigenvalue weighted by Gasteiger charge is -2.11. The molecule has 0 fully saturated rings. The van der Waals surface area contributed by atoms with Gasteiger partial charge < -0.3 is 5.32 Å². The van der Waals surface area contributed by atoms with E-state index >= 15 is 0 Å². The molecule has 2 aromatic heterocycles. The van der Waals surface area contributed by atoms with Crippen LogP contribution >= 0.6 is 0 Å². The van der Waals surface area contributed by atoms with E-state index in [9.17, 15) is 20.2 Å². The van der Waals surface area contributed by atoms with E-state index in [1.54, 1.807) is 23.0 Å². The standard InChI is InChI=1S/C22H16N6O3/c1-2-27-13-15(12-24-27)21-10-18(17-5-3-4-6-20(17)25-21)22(29)26-19-8-7-16(28(30)31)9-14(19)11-23/h3-10,12-13H,2H2,1H3,(H,26,29). The molecule has 0 atom stereocenters. The Balaban J connectivity index is 1.77. The quantitative estimate of drug-likeness (QED) is 0.387. The number of rotatable bonds is 5. The molecule has 0 radical (unpaired) electrons. The fourth-order valence-corrected chi connectivity index (χ4v) is 3.22. The lowest BCUT2D eigenvalue weighted by atomic mass is 10.0. The maximum atomic E-state index is 13.2. The van der Waals surface area contributed by atoms with Crippen molar-refractivity contribution >= 4 is 28.2 Å². The minimum atomic E-state index is -0.592. The van der Waals surface area contributed by atoms with Crippen LogP contribution in [0, 0.1) is 21.4 Å². The molecule has 9 nitrogen and oxygen atoms in total. The van der Waals surface area contributed by atoms with Gasteiger partial charge in [0, 0.05) is 35.8 Å². The van der Waals surface area contributed by atoms with E-state index in [1.165, 1.54) is 12.1 Å². The van der Waals surface area contributed by atoms with Crippen LogP contribution in [-0.2, 0) is 6.54 Å². The van der Waals surface area contributed by atoms with Gasteiger partial charge in [-0.05, 0) is 25.1 Å². The summed E-state index contributed by atoms with van der Waals surface area (Å²) in [5, 5.41) is 27.9. The van der Waals surface area contributed by atoms with Gasteiger partial charge in [0.1, 0.15) is 6.07 Å². The van der Waals surface area contributed by atoms with Crippen molar-refractivity contribution in [3.63, 3.8) is 0 Å². The first-order valence-electron chi connectivity index (χ1n) is 9.42. The van der Waals surface area contributed by atoms with Gasteiger partial charge in [-0.3, -0.25) is 19.6 Å². The number of nitrogens with one attached hydrogen (secondary N) is 1. The number of carbonyl (C=O) groups is 1. The second-order valence-electron chi connectivity index (χ2n) is 6.71. The molecule has 0 aliphatic carbocycles. The summed E-state index contributed by atoms with van der Waals surface area (Å²) in [4.78, 5) is 28.2. The zero-order chi connectivity index (χ0) is 22.0. The van der Waals surface area contributed by atoms with Crippen molar-refractivity contribution in [2.45, 2.75) is 13.5 Å². The van der Waals surface area contributed by atoms with Crippen molar-refractivity contribution in [3.05, 3.63) is 82.2 Å². The molecular formula is C22H16N6O3. The van der Waals surface area contributed by atoms with Gasteiger partial charge in [-0.25, -0.2) is 4.98 Å². The molecule has 2 heterocycles. The minimum absolute atomic E-state index is 0.00496. The van der Waals surface area contributed by atoms with Gasteiger partial charge in [-0.1, -0.05) is 18.2 Å². The molecule has 1 N–H and O–H groups in total. The second-order valence-corrected chi connectivity index (χ2v) is 6.71. The third kappa shape index (κ3) is 3.82. The molecule has 0 bridgehead atoms. The summed E-state index contributed by atoms with van der Waals surface area (Å²) in [6.45, 7) is 2.68. The van der Waals surface area contributed by atoms with Crippen molar-refractivity contribution in [2.75, 3.05) is 5.32 Å². The second kappa shape index (κ2) is 8.04. The number of nitrogens with zero attached hydrogens (tertiary/aromatic N) is 5. The molecule has 0 saturated carbocycles. The normalized spacial score (nSPS) is 10.6. The number of hydrogen-bond donors (Lipinski definition) is 1. The number of nitro groups is 1. The molecule has 2 aromatic carbocycles. The Kier molecular flexibility index (Phi) is 5.12. The predicted molar refractivity (Wildman–Crippen MR) is 114 cm³/mol. The van der Waals surface area contributed by atoms with E-state index < -0.39 is 10.8 Å². The number of pyridine rings is 1. The number of benzene rings is 2. The zero-order valence-corrected chi connectivity index (χ0v) is 16.4. The van der Waals surface area contributed by atoms with Gasteiger partial charge in [-0.15, -0.1) is 0 Å². The van der Waals surface area contributed by atoms with Gasteiger partial charge in [0.25, 0.3) is 11.6 Å². The molecule has 4 aromatic rings. The average molecular weight is 412 g/mol. The largest absolute Gasteiger partial charge is 0.321 e. The van der Waals surface area contributed by atoms with E-state index in [2.05, 4.69) is 15.4 Å². The molecule has 152 valence electrons. The smallest absolute Gasteiger partial charge is 0.270 e. The molecule has 0 spiro atoms. The summed E-state index contributed by atoms with van der Waals surface area (Å²) in [7, 11) is 0. The van der Waals surface area contributed by atoms with Crippen LogP contribution in [0.15, 0.2) is 60.9 Å². The monoisotopic (exact) mass is 412 g/mol. The van der Waals surface area contributed by atoms with Gasteiger partial charge in [0.2, 0.25) is 0 Å². The van der Waals surface area contributed by atoms with Crippen molar-refractivity contribution in [3.8, 4) is 17.3 Å². The predicted octanol–water partition coefficient (Wildman–Crippen LogP) is 4.15. The number of fused-ring (bicyclic) bond motifs is 1. The lowest BCUT2D eigenvalue weighted by molar-refractivity contribution is -0.384. The van der Waals surface area contributed by atoms with Crippen LogP contribution in [0.5, 0.6) is 0 Å². The van der Waals surface area contributed by atoms with Crippen LogP contribution in [0.25, 0.3) is 22.2 Å². The molecule has 0 saturated heterocycles. The number of anilines is 1. The van der Waals surface area contributed by atoms with Crippen LogP contribution in [0.3, 0.4) is 0 Å². The summed E-state index contributed by atoms with van der Waals surface area (Å²) in [5.74, 6) is -0.451. The van der Waals surface area contributed by atoms with Gasteiger partial charge in [-0.2, -0.15) is 10.4 Å². The number of aryl methyl sites for hydroxylation is 1. The number of carbonyl (C=O) groups excluding carboxylic acids is 1. The number of hydrogen-bond acceptors (Lipinski definition) is 6. The summed E-state index contributed by atoms with van der Waals surface area (Å²) in [6, 6.07) is 14.5. The average Bonchev–Trinajstić information content (AvgIpc) is 3.27. The molecule has 4 rings (SSSR count). The highest BCUT2D eigenvalue weighted by Crippen LogP contribution is 2.27. The van der Waals surface area contributed by atoms with Crippen molar-refractivity contribution in [1.29, 1.82) is 5.26 Å². The summed E-state index contributed by atoms with van der Waals surface area (Å²) in [6.07, 6.45) is 3.54. The molecule has 0 aliphatic rings. The maximum Gasteiger partial charge on any atom is 0.270 e. The Hall–Kier alpha value is -4.58. The Labute approximate surface area is 176 Å². The molecule has 0 aliphatic heterocycles. The van der Waals surface area contributed by atoms with Crippen molar-refractivity contribution in [2.24, 2.45) is 0 Å². The summed E-state index contributed by atoms with van der Waals surface area (Å²) < 4.78 is 1.77. The number of nitro benzene ring substituents is 1. The van der Waals surface area contributed by atoms with Gasteiger partial charge >= 0.3 is 0 Å². The highest BCUT2D eigenvalue weighted by Gasteiger charge is 2.17. The molecule has 9 heteroatoms. The topological polar surface area (TPSA) is 127 Å². The van der Waals surface area contributed by atoms with E-state index in [0.717, 1.165) is 11.6 Å². The SMILES string of the molecule is CCn1cc(-c2cc(C(=O)Nc3ccc([N+](=O)[O-])cc3C#N)c3ccccc3n2)cn1. The van der Waals surface area contributed by atoms with Crippen molar-refractivity contribution in [1.82, 2.24) is 14.8 Å². The third-order valence-electron chi connectivity index (χ3n) is 4.80.